The van der Waals surface area contributed by atoms with Crippen molar-refractivity contribution < 1.29 is 27.5 Å². The predicted molar refractivity (Wildman–Crippen MR) is 215 cm³/mol. The molecule has 1 aliphatic carbocycles. The number of anilines is 1. The number of hydrogen-bond acceptors (Lipinski definition) is 8. The summed E-state index contributed by atoms with van der Waals surface area (Å²) in [6.07, 6.45) is 7.19. The van der Waals surface area contributed by atoms with Crippen LogP contribution in [-0.4, -0.2) is 141 Å². The smallest absolute Gasteiger partial charge is 0.404 e. The fourth-order valence-corrected chi connectivity index (χ4v) is 12.6. The predicted octanol–water partition coefficient (Wildman–Crippen LogP) is 4.69. The number of amides is 2. The number of benzene rings is 2. The van der Waals surface area contributed by atoms with Crippen molar-refractivity contribution in [2.75, 3.05) is 90.0 Å². The molecule has 0 spiro atoms. The Morgan fingerprint density at radius 1 is 0.839 bits per heavy atom. The Balaban J connectivity index is 0.849. The van der Waals surface area contributed by atoms with Crippen LogP contribution in [0, 0.1) is 23.6 Å². The molecule has 56 heavy (non-hydrogen) atoms. The van der Waals surface area contributed by atoms with Crippen LogP contribution in [0.1, 0.15) is 56.9 Å². The summed E-state index contributed by atoms with van der Waals surface area (Å²) in [5, 5.41) is 12.1. The first-order valence-corrected chi connectivity index (χ1v) is 22.5. The molecular weight excluding hydrogens is 732 g/mol. The highest BCUT2D eigenvalue weighted by molar-refractivity contribution is 7.92. The number of likely N-dealkylation sites (tertiary alicyclic amines) is 4. The van der Waals surface area contributed by atoms with Crippen LogP contribution >= 0.6 is 0 Å². The van der Waals surface area contributed by atoms with E-state index in [1.165, 1.54) is 12.5 Å². The van der Waals surface area contributed by atoms with E-state index in [2.05, 4.69) is 37.6 Å². The molecular formula is C43H59FN6O5S. The molecule has 2 N–H and O–H groups in total. The Bertz CT molecular complexity index is 1850. The van der Waals surface area contributed by atoms with E-state index in [9.17, 15) is 27.5 Å². The Hall–Kier alpha value is -3.52. The number of carboxylic acid groups (broad SMARTS) is 1. The topological polar surface area (TPSA) is 117 Å². The summed E-state index contributed by atoms with van der Waals surface area (Å²) in [5.74, 6) is 0.580. The quantitative estimate of drug-likeness (QED) is 0.263. The molecule has 3 atom stereocenters. The first-order valence-electron chi connectivity index (χ1n) is 21.0. The summed E-state index contributed by atoms with van der Waals surface area (Å²) in [7, 11) is -3.54. The fourth-order valence-electron chi connectivity index (χ4n) is 10.9. The number of piperidine rings is 1. The Labute approximate surface area is 331 Å². The van der Waals surface area contributed by atoms with Gasteiger partial charge in [-0.2, -0.15) is 0 Å². The molecule has 5 aliphatic heterocycles. The molecule has 0 radical (unpaired) electrons. The maximum atomic E-state index is 14.9. The van der Waals surface area contributed by atoms with Gasteiger partial charge >= 0.3 is 6.09 Å². The van der Waals surface area contributed by atoms with Crippen LogP contribution in [-0.2, 0) is 20.0 Å². The summed E-state index contributed by atoms with van der Waals surface area (Å²) in [6.45, 7) is 14.6. The molecule has 304 valence electrons. The normalized spacial score (nSPS) is 25.7. The first kappa shape index (κ1) is 39.3. The van der Waals surface area contributed by atoms with Gasteiger partial charge in [-0.1, -0.05) is 25.1 Å². The lowest BCUT2D eigenvalue weighted by Crippen LogP contribution is -2.60. The largest absolute Gasteiger partial charge is 0.465 e. The zero-order valence-corrected chi connectivity index (χ0v) is 33.5. The molecule has 1 saturated carbocycles. The number of nitrogens with zero attached hydrogens (tertiary/aromatic N) is 5. The van der Waals surface area contributed by atoms with Crippen LogP contribution in [0.25, 0.3) is 0 Å². The van der Waals surface area contributed by atoms with E-state index in [0.717, 1.165) is 122 Å². The molecule has 2 amide bonds. The molecule has 13 heteroatoms. The lowest BCUT2D eigenvalue weighted by molar-refractivity contribution is -0.130. The first-order chi connectivity index (χ1) is 27.0. The number of sulfone groups is 1. The van der Waals surface area contributed by atoms with Crippen molar-refractivity contribution in [2.45, 2.75) is 73.0 Å². The molecule has 6 fully saturated rings. The lowest BCUT2D eigenvalue weighted by Gasteiger charge is -2.54. The molecule has 2 aromatic rings. The van der Waals surface area contributed by atoms with Gasteiger partial charge in [0.05, 0.1) is 4.90 Å². The Kier molecular flexibility index (Phi) is 11.5. The average molecular weight is 791 g/mol. The van der Waals surface area contributed by atoms with Crippen LogP contribution < -0.4 is 10.2 Å². The monoisotopic (exact) mass is 790 g/mol. The summed E-state index contributed by atoms with van der Waals surface area (Å²) in [6, 6.07) is 14.3. The highest BCUT2D eigenvalue weighted by Crippen LogP contribution is 2.51. The lowest BCUT2D eigenvalue weighted by atomic mass is 9.57. The second kappa shape index (κ2) is 16.4. The standard InChI is InChI=1S/C43H59FN6O5S/c1-31(24-46-17-2-3-18-46)41(51)50-28-38(29-50)56(54,55)37-13-11-36(12-14-37)49-26-32(27-49)25-47-21-15-33(16-22-47)43(30-48-19-6-20-48,34-7-4-8-35(44)23-34)39-9-5-10-40(39)45-42(52)53/h4,7-8,11-14,23,32-33,38-40,45H,1-3,5-6,9-10,15-22,24-30H2,(H,52,53)/t39-,40-,43-/m0/s1. The van der Waals surface area contributed by atoms with Crippen molar-refractivity contribution in [1.82, 2.24) is 24.9 Å². The second-order valence-corrected chi connectivity index (χ2v) is 19.8. The highest BCUT2D eigenvalue weighted by Gasteiger charge is 2.53. The number of nitrogens with one attached hydrogen (secondary N) is 1. The zero-order chi connectivity index (χ0) is 39.0. The third-order valence-corrected chi connectivity index (χ3v) is 16.2. The van der Waals surface area contributed by atoms with Gasteiger partial charge < -0.3 is 30.0 Å². The van der Waals surface area contributed by atoms with E-state index in [-0.39, 0.29) is 42.2 Å². The maximum Gasteiger partial charge on any atom is 0.404 e. The molecule has 6 aliphatic rings. The van der Waals surface area contributed by atoms with Gasteiger partial charge in [0.2, 0.25) is 0 Å². The van der Waals surface area contributed by atoms with Gasteiger partial charge in [0.1, 0.15) is 11.1 Å². The van der Waals surface area contributed by atoms with Crippen molar-refractivity contribution in [3.63, 3.8) is 0 Å². The maximum absolute atomic E-state index is 14.9. The van der Waals surface area contributed by atoms with Crippen LogP contribution in [0.15, 0.2) is 65.6 Å². The molecule has 2 aromatic carbocycles. The molecule has 0 bridgehead atoms. The van der Waals surface area contributed by atoms with Crippen LogP contribution in [0.5, 0.6) is 0 Å². The van der Waals surface area contributed by atoms with Crippen molar-refractivity contribution >= 4 is 27.5 Å². The summed E-state index contributed by atoms with van der Waals surface area (Å²) < 4.78 is 41.8. The number of carbonyl (C=O) groups excluding carboxylic acids is 1. The van der Waals surface area contributed by atoms with E-state index in [0.29, 0.717) is 28.8 Å². The van der Waals surface area contributed by atoms with Crippen molar-refractivity contribution in [2.24, 2.45) is 17.8 Å². The average Bonchev–Trinajstić information content (AvgIpc) is 3.81. The Morgan fingerprint density at radius 2 is 1.54 bits per heavy atom. The number of rotatable bonds is 14. The Morgan fingerprint density at radius 3 is 2.18 bits per heavy atom. The van der Waals surface area contributed by atoms with E-state index in [1.807, 2.05) is 18.2 Å². The third kappa shape index (κ3) is 7.98. The highest BCUT2D eigenvalue weighted by atomic mass is 32.2. The minimum Gasteiger partial charge on any atom is -0.465 e. The summed E-state index contributed by atoms with van der Waals surface area (Å²) in [5.41, 5.74) is 2.26. The van der Waals surface area contributed by atoms with E-state index in [4.69, 9.17) is 0 Å². The molecule has 0 unspecified atom stereocenters. The fraction of sp³-hybridized carbons (Fsp3) is 0.628. The van der Waals surface area contributed by atoms with Gasteiger partial charge in [0.25, 0.3) is 5.91 Å². The molecule has 11 nitrogen and oxygen atoms in total. The minimum absolute atomic E-state index is 0.113. The summed E-state index contributed by atoms with van der Waals surface area (Å²) in [4.78, 5) is 36.3. The van der Waals surface area contributed by atoms with E-state index in [1.54, 1.807) is 23.1 Å². The van der Waals surface area contributed by atoms with Gasteiger partial charge in [-0.05, 0) is 138 Å². The van der Waals surface area contributed by atoms with E-state index < -0.39 is 21.2 Å². The van der Waals surface area contributed by atoms with E-state index >= 15 is 0 Å². The number of halogens is 1. The van der Waals surface area contributed by atoms with Crippen molar-refractivity contribution in [1.29, 1.82) is 0 Å². The summed E-state index contributed by atoms with van der Waals surface area (Å²) >= 11 is 0. The van der Waals surface area contributed by atoms with Gasteiger partial charge in [-0.25, -0.2) is 17.6 Å². The van der Waals surface area contributed by atoms with Crippen molar-refractivity contribution in [3.05, 3.63) is 72.1 Å². The zero-order valence-electron chi connectivity index (χ0n) is 32.7. The van der Waals surface area contributed by atoms with Gasteiger partial charge in [-0.3, -0.25) is 9.69 Å². The van der Waals surface area contributed by atoms with Crippen LogP contribution in [0.2, 0.25) is 0 Å². The third-order valence-electron chi connectivity index (χ3n) is 14.1. The minimum atomic E-state index is -3.54. The van der Waals surface area contributed by atoms with Crippen LogP contribution in [0.3, 0.4) is 0 Å². The molecule has 5 heterocycles. The van der Waals surface area contributed by atoms with Crippen molar-refractivity contribution in [3.8, 4) is 0 Å². The molecule has 5 saturated heterocycles. The van der Waals surface area contributed by atoms with Gasteiger partial charge in [-0.15, -0.1) is 0 Å². The second-order valence-electron chi connectivity index (χ2n) is 17.6. The number of hydrogen-bond donors (Lipinski definition) is 2. The SMILES string of the molecule is C=C(CN1CCCC1)C(=O)N1CC(S(=O)(=O)c2ccc(N3CC(CN4CCC([C@@](CN5CCC5)(c5cccc(F)c5)[C@H]5CCC[C@@H]5NC(=O)O)CC4)C3)cc2)C1. The molecule has 0 aromatic heterocycles. The van der Waals surface area contributed by atoms with Crippen LogP contribution in [0.4, 0.5) is 14.9 Å². The van der Waals surface area contributed by atoms with Gasteiger partial charge in [0.15, 0.2) is 9.84 Å². The number of carbonyl (C=O) groups is 2. The molecule has 8 rings (SSSR count). The van der Waals surface area contributed by atoms with Gasteiger partial charge in [0, 0.05) is 74.4 Å².